The normalized spacial score (nSPS) is 16.4. The van der Waals surface area contributed by atoms with Crippen molar-refractivity contribution in [3.63, 3.8) is 0 Å². The summed E-state index contributed by atoms with van der Waals surface area (Å²) in [7, 11) is 0. The van der Waals surface area contributed by atoms with Crippen LogP contribution in [0.25, 0.3) is 0 Å². The number of nitrogens with one attached hydrogen (secondary N) is 1. The molecule has 1 saturated heterocycles. The topological polar surface area (TPSA) is 54.5 Å². The lowest BCUT2D eigenvalue weighted by atomic mass is 10.1. The van der Waals surface area contributed by atoms with Crippen LogP contribution in [0.3, 0.4) is 0 Å². The number of carbonyl (C=O) groups excluding carboxylic acids is 1. The number of aromatic nitrogens is 1. The van der Waals surface area contributed by atoms with Gasteiger partial charge in [-0.05, 0) is 36.4 Å². The summed E-state index contributed by atoms with van der Waals surface area (Å²) in [5, 5.41) is 3.93. The third kappa shape index (κ3) is 5.75. The van der Waals surface area contributed by atoms with E-state index in [-0.39, 0.29) is 36.8 Å². The highest BCUT2D eigenvalue weighted by Gasteiger charge is 2.27. The number of benzene rings is 1. The van der Waals surface area contributed by atoms with Crippen molar-refractivity contribution in [2.75, 3.05) is 26.2 Å². The van der Waals surface area contributed by atoms with Crippen LogP contribution in [0.5, 0.6) is 5.75 Å². The van der Waals surface area contributed by atoms with Crippen molar-refractivity contribution < 1.29 is 9.53 Å². The fourth-order valence-corrected chi connectivity index (χ4v) is 2.69. The molecular formula is C17H20Cl3N3O2. The van der Waals surface area contributed by atoms with Crippen LogP contribution in [0, 0.1) is 0 Å². The molecule has 1 N–H and O–H groups in total. The summed E-state index contributed by atoms with van der Waals surface area (Å²) in [6, 6.07) is 10.6. The van der Waals surface area contributed by atoms with Gasteiger partial charge in [-0.2, -0.15) is 0 Å². The predicted molar refractivity (Wildman–Crippen MR) is 103 cm³/mol. The van der Waals surface area contributed by atoms with Crippen LogP contribution >= 0.6 is 36.4 Å². The molecule has 0 spiro atoms. The molecule has 1 aliphatic rings. The Kier molecular flexibility index (Phi) is 9.00. The Morgan fingerprint density at radius 2 is 2.04 bits per heavy atom. The van der Waals surface area contributed by atoms with E-state index in [9.17, 15) is 4.79 Å². The van der Waals surface area contributed by atoms with E-state index in [0.717, 1.165) is 6.54 Å². The molecule has 1 aliphatic heterocycles. The Bertz CT molecular complexity index is 656. The molecule has 1 aromatic heterocycles. The Morgan fingerprint density at radius 3 is 2.72 bits per heavy atom. The van der Waals surface area contributed by atoms with E-state index in [2.05, 4.69) is 10.3 Å². The number of ether oxygens (including phenoxy) is 1. The number of halogens is 3. The smallest absolute Gasteiger partial charge is 0.254 e. The quantitative estimate of drug-likeness (QED) is 0.851. The van der Waals surface area contributed by atoms with Gasteiger partial charge in [0.25, 0.3) is 5.91 Å². The minimum absolute atomic E-state index is 0. The zero-order valence-corrected chi connectivity index (χ0v) is 15.8. The van der Waals surface area contributed by atoms with Gasteiger partial charge in [0.1, 0.15) is 12.4 Å². The second-order valence-corrected chi connectivity index (χ2v) is 5.80. The molecular weight excluding hydrogens is 385 g/mol. The Hall–Kier alpha value is -1.53. The zero-order valence-electron chi connectivity index (χ0n) is 13.4. The number of piperazine rings is 1. The second kappa shape index (κ2) is 10.5. The van der Waals surface area contributed by atoms with Gasteiger partial charge < -0.3 is 15.0 Å². The van der Waals surface area contributed by atoms with Crippen LogP contribution in [0.4, 0.5) is 0 Å². The average Bonchev–Trinajstić information content (AvgIpc) is 2.61. The third-order valence-corrected chi connectivity index (χ3v) is 4.03. The highest BCUT2D eigenvalue weighted by atomic mass is 35.5. The first-order valence-corrected chi connectivity index (χ1v) is 7.92. The summed E-state index contributed by atoms with van der Waals surface area (Å²) in [4.78, 5) is 18.6. The maximum Gasteiger partial charge on any atom is 0.254 e. The summed E-state index contributed by atoms with van der Waals surface area (Å²) < 4.78 is 5.76. The first-order valence-electron chi connectivity index (χ1n) is 7.54. The molecule has 2 heterocycles. The minimum Gasteiger partial charge on any atom is -0.490 e. The van der Waals surface area contributed by atoms with E-state index in [1.807, 2.05) is 17.0 Å². The molecule has 8 heteroatoms. The highest BCUT2D eigenvalue weighted by Crippen LogP contribution is 2.15. The highest BCUT2D eigenvalue weighted by molar-refractivity contribution is 6.30. The lowest BCUT2D eigenvalue weighted by molar-refractivity contribution is 0.0559. The molecule has 0 aliphatic carbocycles. The van der Waals surface area contributed by atoms with Gasteiger partial charge in [0.05, 0.1) is 12.2 Å². The van der Waals surface area contributed by atoms with Crippen LogP contribution in [0.1, 0.15) is 10.4 Å². The Morgan fingerprint density at radius 1 is 1.28 bits per heavy atom. The number of rotatable bonds is 4. The molecule has 1 aromatic carbocycles. The number of pyridine rings is 1. The van der Waals surface area contributed by atoms with Gasteiger partial charge in [0, 0.05) is 36.4 Å². The van der Waals surface area contributed by atoms with E-state index >= 15 is 0 Å². The van der Waals surface area contributed by atoms with E-state index in [1.165, 1.54) is 0 Å². The van der Waals surface area contributed by atoms with Crippen molar-refractivity contribution in [3.05, 3.63) is 59.4 Å². The number of nitrogens with zero attached hydrogens (tertiary/aromatic N) is 2. The molecule has 0 saturated carbocycles. The van der Waals surface area contributed by atoms with Crippen LogP contribution in [0.15, 0.2) is 48.8 Å². The van der Waals surface area contributed by atoms with Crippen molar-refractivity contribution in [2.24, 2.45) is 0 Å². The van der Waals surface area contributed by atoms with Crippen LogP contribution in [-0.4, -0.2) is 48.1 Å². The van der Waals surface area contributed by atoms with Gasteiger partial charge in [0.2, 0.25) is 0 Å². The lowest BCUT2D eigenvalue weighted by Crippen LogP contribution is -2.55. The molecule has 1 atom stereocenters. The van der Waals surface area contributed by atoms with Crippen molar-refractivity contribution in [1.82, 2.24) is 15.2 Å². The molecule has 1 fully saturated rings. The van der Waals surface area contributed by atoms with Crippen molar-refractivity contribution in [1.29, 1.82) is 0 Å². The summed E-state index contributed by atoms with van der Waals surface area (Å²) >= 11 is 5.89. The molecule has 5 nitrogen and oxygen atoms in total. The van der Waals surface area contributed by atoms with E-state index in [0.29, 0.717) is 36.0 Å². The Balaban J connectivity index is 0.00000156. The molecule has 25 heavy (non-hydrogen) atoms. The number of hydrogen-bond acceptors (Lipinski definition) is 4. The number of hydrogen-bond donors (Lipinski definition) is 1. The van der Waals surface area contributed by atoms with Gasteiger partial charge in [-0.15, -0.1) is 24.8 Å². The van der Waals surface area contributed by atoms with Gasteiger partial charge in [0.15, 0.2) is 0 Å². The largest absolute Gasteiger partial charge is 0.490 e. The minimum atomic E-state index is -0.0212. The molecule has 3 rings (SSSR count). The van der Waals surface area contributed by atoms with Crippen LogP contribution in [0.2, 0.25) is 5.02 Å². The van der Waals surface area contributed by atoms with Crippen molar-refractivity contribution in [3.8, 4) is 5.75 Å². The summed E-state index contributed by atoms with van der Waals surface area (Å²) in [6.07, 6.45) is 3.37. The zero-order chi connectivity index (χ0) is 16.1. The maximum atomic E-state index is 12.7. The summed E-state index contributed by atoms with van der Waals surface area (Å²) in [5.74, 6) is 0.708. The second-order valence-electron chi connectivity index (χ2n) is 5.36. The van der Waals surface area contributed by atoms with Crippen molar-refractivity contribution in [2.45, 2.75) is 6.04 Å². The molecule has 2 aromatic rings. The predicted octanol–water partition coefficient (Wildman–Crippen LogP) is 3.07. The third-order valence-electron chi connectivity index (χ3n) is 3.78. The molecule has 1 unspecified atom stereocenters. The lowest BCUT2D eigenvalue weighted by Gasteiger charge is -2.36. The van der Waals surface area contributed by atoms with Gasteiger partial charge in [-0.3, -0.25) is 9.78 Å². The van der Waals surface area contributed by atoms with Crippen molar-refractivity contribution >= 4 is 42.3 Å². The fraction of sp³-hybridized carbons (Fsp3) is 0.294. The van der Waals surface area contributed by atoms with Gasteiger partial charge in [-0.1, -0.05) is 11.6 Å². The SMILES string of the molecule is Cl.Cl.O=C(c1ccc(Cl)cc1)N1CCNCC1COc1cccnc1. The molecule has 0 bridgehead atoms. The fourth-order valence-electron chi connectivity index (χ4n) is 2.56. The number of amides is 1. The average molecular weight is 405 g/mol. The standard InChI is InChI=1S/C17H18ClN3O2.2ClH/c18-14-5-3-13(4-6-14)17(22)21-9-8-20-10-15(21)12-23-16-2-1-7-19-11-16;;/h1-7,11,15,20H,8-10,12H2;2*1H. The first-order chi connectivity index (χ1) is 11.2. The maximum absolute atomic E-state index is 12.7. The van der Waals surface area contributed by atoms with E-state index in [1.54, 1.807) is 36.7 Å². The van der Waals surface area contributed by atoms with Crippen LogP contribution < -0.4 is 10.1 Å². The number of carbonyl (C=O) groups is 1. The monoisotopic (exact) mass is 403 g/mol. The Labute approximate surface area is 164 Å². The van der Waals surface area contributed by atoms with Gasteiger partial charge >= 0.3 is 0 Å². The van der Waals surface area contributed by atoms with Gasteiger partial charge in [-0.25, -0.2) is 0 Å². The van der Waals surface area contributed by atoms with E-state index in [4.69, 9.17) is 16.3 Å². The van der Waals surface area contributed by atoms with Crippen LogP contribution in [-0.2, 0) is 0 Å². The molecule has 1 amide bonds. The summed E-state index contributed by atoms with van der Waals surface area (Å²) in [6.45, 7) is 2.57. The van der Waals surface area contributed by atoms with E-state index < -0.39 is 0 Å². The molecule has 136 valence electrons. The molecule has 0 radical (unpaired) electrons. The first kappa shape index (κ1) is 21.5. The summed E-state index contributed by atoms with van der Waals surface area (Å²) in [5.41, 5.74) is 0.641.